The van der Waals surface area contributed by atoms with Crippen molar-refractivity contribution in [3.63, 3.8) is 0 Å². The van der Waals surface area contributed by atoms with Crippen molar-refractivity contribution in [2.75, 3.05) is 0 Å². The summed E-state index contributed by atoms with van der Waals surface area (Å²) >= 11 is 0. The molecule has 0 amide bonds. The molecule has 0 aromatic heterocycles. The number of hydrogen-bond donors (Lipinski definition) is 0. The average molecular weight is 320 g/mol. The molecule has 0 spiro atoms. The number of rotatable bonds is 11. The van der Waals surface area contributed by atoms with Gasteiger partial charge in [0.05, 0.1) is 11.2 Å². The molecule has 0 aromatic rings. The molecule has 6 nitrogen and oxygen atoms in total. The monoisotopic (exact) mass is 320 g/mol. The van der Waals surface area contributed by atoms with Gasteiger partial charge in [-0.3, -0.25) is 0 Å². The van der Waals surface area contributed by atoms with Crippen LogP contribution in [0.4, 0.5) is 0 Å². The Labute approximate surface area is 134 Å². The molecule has 22 heavy (non-hydrogen) atoms. The van der Waals surface area contributed by atoms with Crippen LogP contribution in [0, 0.1) is 0 Å². The Morgan fingerprint density at radius 3 is 1.73 bits per heavy atom. The quantitative estimate of drug-likeness (QED) is 0.319. The molecule has 1 rings (SSSR count). The molecule has 1 heterocycles. The van der Waals surface area contributed by atoms with Crippen LogP contribution in [0.2, 0.25) is 0 Å². The van der Waals surface area contributed by atoms with Crippen LogP contribution in [0.25, 0.3) is 0 Å². The largest absolute Gasteiger partial charge is 0.394 e. The van der Waals surface area contributed by atoms with E-state index in [-0.39, 0.29) is 6.10 Å². The first-order chi connectivity index (χ1) is 10.2. The molecule has 1 atom stereocenters. The van der Waals surface area contributed by atoms with E-state index < -0.39 is 17.2 Å². The highest BCUT2D eigenvalue weighted by atomic mass is 17.4. The summed E-state index contributed by atoms with van der Waals surface area (Å²) in [6.07, 6.45) is 3.93. The summed E-state index contributed by atoms with van der Waals surface area (Å²) < 4.78 is 0. The Kier molecular flexibility index (Phi) is 7.23. The number of unbranched alkanes of at least 4 members (excludes halogenated alkanes) is 1. The summed E-state index contributed by atoms with van der Waals surface area (Å²) in [6.45, 7) is 13.9. The fourth-order valence-electron chi connectivity index (χ4n) is 1.42. The third-order valence-electron chi connectivity index (χ3n) is 3.96. The molecule has 1 aliphatic rings. The highest BCUT2D eigenvalue weighted by molar-refractivity contribution is 4.75. The van der Waals surface area contributed by atoms with Crippen LogP contribution in [-0.4, -0.2) is 23.3 Å². The lowest BCUT2D eigenvalue weighted by molar-refractivity contribution is -0.732. The SMILES string of the molecule is CCCCC1OOC1(OOC(C)(C)CC)OOC(C)(C)CC. The van der Waals surface area contributed by atoms with Crippen molar-refractivity contribution in [1.29, 1.82) is 0 Å². The van der Waals surface area contributed by atoms with E-state index in [0.29, 0.717) is 0 Å². The highest BCUT2D eigenvalue weighted by Crippen LogP contribution is 2.39. The van der Waals surface area contributed by atoms with Crippen molar-refractivity contribution < 1.29 is 29.3 Å². The van der Waals surface area contributed by atoms with E-state index in [0.717, 1.165) is 32.1 Å². The Hall–Kier alpha value is -0.240. The van der Waals surface area contributed by atoms with Crippen molar-refractivity contribution in [2.45, 2.75) is 104 Å². The van der Waals surface area contributed by atoms with E-state index in [1.54, 1.807) is 0 Å². The van der Waals surface area contributed by atoms with Crippen LogP contribution in [0.15, 0.2) is 0 Å². The molecule has 1 fully saturated rings. The van der Waals surface area contributed by atoms with Gasteiger partial charge in [0.25, 0.3) is 0 Å². The van der Waals surface area contributed by atoms with Gasteiger partial charge in [-0.2, -0.15) is 14.7 Å². The molecule has 1 aliphatic heterocycles. The second-order valence-corrected chi connectivity index (χ2v) is 6.97. The summed E-state index contributed by atoms with van der Waals surface area (Å²) in [4.78, 5) is 32.2. The van der Waals surface area contributed by atoms with Gasteiger partial charge in [-0.25, -0.2) is 14.7 Å². The number of hydrogen-bond acceptors (Lipinski definition) is 6. The normalized spacial score (nSPS) is 21.7. The molecule has 0 radical (unpaired) electrons. The van der Waals surface area contributed by atoms with Crippen molar-refractivity contribution in [1.82, 2.24) is 0 Å². The van der Waals surface area contributed by atoms with Crippen LogP contribution in [0.3, 0.4) is 0 Å². The average Bonchev–Trinajstić information content (AvgIpc) is 2.46. The molecule has 0 N–H and O–H groups in total. The van der Waals surface area contributed by atoms with Crippen LogP contribution >= 0.6 is 0 Å². The van der Waals surface area contributed by atoms with E-state index in [9.17, 15) is 0 Å². The van der Waals surface area contributed by atoms with Gasteiger partial charge < -0.3 is 0 Å². The van der Waals surface area contributed by atoms with E-state index in [2.05, 4.69) is 6.92 Å². The minimum Gasteiger partial charge on any atom is -0.225 e. The minimum absolute atomic E-state index is 0.382. The van der Waals surface area contributed by atoms with Crippen LogP contribution in [0.1, 0.15) is 80.6 Å². The predicted molar refractivity (Wildman–Crippen MR) is 81.3 cm³/mol. The van der Waals surface area contributed by atoms with Gasteiger partial charge in [0.15, 0.2) is 6.10 Å². The fraction of sp³-hybridized carbons (Fsp3) is 1.00. The van der Waals surface area contributed by atoms with E-state index in [4.69, 9.17) is 29.3 Å². The third-order valence-corrected chi connectivity index (χ3v) is 3.96. The first-order valence-electron chi connectivity index (χ1n) is 8.28. The molecule has 1 unspecified atom stereocenters. The van der Waals surface area contributed by atoms with Crippen molar-refractivity contribution in [2.24, 2.45) is 0 Å². The molecule has 0 saturated carbocycles. The topological polar surface area (TPSA) is 55.4 Å². The molecule has 0 aliphatic carbocycles. The summed E-state index contributed by atoms with van der Waals surface area (Å²) in [5.74, 6) is -1.46. The Morgan fingerprint density at radius 2 is 1.41 bits per heavy atom. The molecule has 1 saturated heterocycles. The Bertz CT molecular complexity index is 309. The van der Waals surface area contributed by atoms with Gasteiger partial charge in [-0.15, -0.1) is 0 Å². The molecular weight excluding hydrogens is 288 g/mol. The van der Waals surface area contributed by atoms with Crippen LogP contribution in [-0.2, 0) is 29.3 Å². The zero-order chi connectivity index (χ0) is 16.9. The first-order valence-corrected chi connectivity index (χ1v) is 8.28. The maximum absolute atomic E-state index is 5.49. The van der Waals surface area contributed by atoms with Gasteiger partial charge in [0.2, 0.25) is 0 Å². The smallest absolute Gasteiger partial charge is 0.225 e. The lowest BCUT2D eigenvalue weighted by atomic mass is 10.1. The van der Waals surface area contributed by atoms with E-state index >= 15 is 0 Å². The molecule has 0 bridgehead atoms. The van der Waals surface area contributed by atoms with Gasteiger partial charge >= 0.3 is 5.97 Å². The van der Waals surface area contributed by atoms with E-state index in [1.165, 1.54) is 0 Å². The van der Waals surface area contributed by atoms with Crippen molar-refractivity contribution >= 4 is 0 Å². The first kappa shape index (κ1) is 19.8. The molecule has 0 aromatic carbocycles. The second-order valence-electron chi connectivity index (χ2n) is 6.97. The van der Waals surface area contributed by atoms with Crippen LogP contribution in [0.5, 0.6) is 0 Å². The van der Waals surface area contributed by atoms with Crippen LogP contribution < -0.4 is 0 Å². The zero-order valence-corrected chi connectivity index (χ0v) is 15.1. The lowest BCUT2D eigenvalue weighted by Gasteiger charge is -2.44. The van der Waals surface area contributed by atoms with Gasteiger partial charge in [0.1, 0.15) is 0 Å². The molecular formula is C16H32O6. The minimum atomic E-state index is -1.46. The lowest BCUT2D eigenvalue weighted by Crippen LogP contribution is -2.61. The maximum atomic E-state index is 5.49. The van der Waals surface area contributed by atoms with Gasteiger partial charge in [-0.05, 0) is 47.0 Å². The maximum Gasteiger partial charge on any atom is 0.394 e. The summed E-state index contributed by atoms with van der Waals surface area (Å²) in [6, 6.07) is 0. The second kappa shape index (κ2) is 8.04. The fourth-order valence-corrected chi connectivity index (χ4v) is 1.42. The van der Waals surface area contributed by atoms with E-state index in [1.807, 2.05) is 41.5 Å². The van der Waals surface area contributed by atoms with Gasteiger partial charge in [-0.1, -0.05) is 33.6 Å². The van der Waals surface area contributed by atoms with Gasteiger partial charge in [0, 0.05) is 0 Å². The standard InChI is InChI=1S/C16H32O6/c1-8-11-12-13-16(20-17-13,21-18-14(4,5)9-2)22-19-15(6,7)10-3/h13H,8-12H2,1-7H3. The predicted octanol–water partition coefficient (Wildman–Crippen LogP) is 4.43. The highest BCUT2D eigenvalue weighted by Gasteiger charge is 2.59. The third kappa shape index (κ3) is 5.44. The summed E-state index contributed by atoms with van der Waals surface area (Å²) in [7, 11) is 0. The molecule has 6 heteroatoms. The zero-order valence-electron chi connectivity index (χ0n) is 15.1. The van der Waals surface area contributed by atoms with Crippen molar-refractivity contribution in [3.8, 4) is 0 Å². The Morgan fingerprint density at radius 1 is 0.909 bits per heavy atom. The summed E-state index contributed by atoms with van der Waals surface area (Å²) in [5.41, 5.74) is -0.907. The summed E-state index contributed by atoms with van der Waals surface area (Å²) in [5, 5.41) is 0. The molecule has 132 valence electrons. The Balaban J connectivity index is 2.69. The van der Waals surface area contributed by atoms with Crippen molar-refractivity contribution in [3.05, 3.63) is 0 Å².